The Hall–Kier alpha value is 2.01. The van der Waals surface area contributed by atoms with Crippen LogP contribution >= 0.6 is 82.3 Å². The molecule has 0 heterocycles. The largest absolute Gasteiger partial charge is 0.396 e. The molecule has 0 aliphatic carbocycles. The maximum atomic E-state index is 12.1. The summed E-state index contributed by atoms with van der Waals surface area (Å²) in [4.78, 5) is 23.8. The van der Waals surface area contributed by atoms with Crippen LogP contribution < -0.4 is 0 Å². The van der Waals surface area contributed by atoms with Gasteiger partial charge in [0.2, 0.25) is 0 Å². The molecule has 0 aromatic heterocycles. The molecular weight excluding hydrogens is 673 g/mol. The van der Waals surface area contributed by atoms with E-state index in [9.17, 15) is 18.0 Å². The van der Waals surface area contributed by atoms with Crippen molar-refractivity contribution in [2.24, 2.45) is 0 Å². The minimum atomic E-state index is -0.800. The number of thioether (sulfide) groups is 7. The molecule has 0 fully saturated rings. The third kappa shape index (κ3) is 32.8. The summed E-state index contributed by atoms with van der Waals surface area (Å²) in [5.41, 5.74) is 0. The second-order valence-electron chi connectivity index (χ2n) is 7.85. The van der Waals surface area contributed by atoms with Gasteiger partial charge in [-0.2, -0.15) is 58.8 Å². The van der Waals surface area contributed by atoms with Crippen LogP contribution in [-0.4, -0.2) is 134 Å². The van der Waals surface area contributed by atoms with E-state index < -0.39 is 21.6 Å². The lowest BCUT2D eigenvalue weighted by Gasteiger charge is -2.04. The third-order valence-corrected chi connectivity index (χ3v) is 15.3. The van der Waals surface area contributed by atoms with Crippen molar-refractivity contribution >= 4 is 114 Å². The topological polar surface area (TPSA) is 109 Å². The van der Waals surface area contributed by atoms with E-state index in [1.807, 2.05) is 0 Å². The van der Waals surface area contributed by atoms with Gasteiger partial charge in [0.15, 0.2) is 10.2 Å². The Balaban J connectivity index is 3.41. The highest BCUT2D eigenvalue weighted by molar-refractivity contribution is 8.14. The molecule has 232 valence electrons. The fraction of sp³-hybridized carbons (Fsp3) is 0.917. The predicted molar refractivity (Wildman–Crippen MR) is 190 cm³/mol. The van der Waals surface area contributed by atoms with Crippen LogP contribution in [0.5, 0.6) is 0 Å². The Labute approximate surface area is 271 Å². The van der Waals surface area contributed by atoms with Gasteiger partial charge in [0, 0.05) is 115 Å². The monoisotopic (exact) mass is 718 g/mol. The Morgan fingerprint density at radius 3 is 1.28 bits per heavy atom. The molecule has 0 amide bonds. The van der Waals surface area contributed by atoms with E-state index in [0.717, 1.165) is 76.1 Å². The summed E-state index contributed by atoms with van der Waals surface area (Å²) in [5.74, 6) is 12.8. The number of aliphatic hydroxyl groups excluding tert-OH is 2. The summed E-state index contributed by atoms with van der Waals surface area (Å²) in [6, 6.07) is 0. The van der Waals surface area contributed by atoms with Crippen molar-refractivity contribution in [3.63, 3.8) is 0 Å². The minimum absolute atomic E-state index is 0.174. The smallest absolute Gasteiger partial charge is 0.189 e. The van der Waals surface area contributed by atoms with Crippen molar-refractivity contribution in [1.82, 2.24) is 0 Å². The molecule has 2 N–H and O–H groups in total. The summed E-state index contributed by atoms with van der Waals surface area (Å²) in [7, 11) is -1.58. The maximum absolute atomic E-state index is 12.1. The molecule has 0 bridgehead atoms. The van der Waals surface area contributed by atoms with Gasteiger partial charge in [0.05, 0.1) is 13.2 Å². The zero-order chi connectivity index (χ0) is 28.8. The fourth-order valence-electron chi connectivity index (χ4n) is 2.68. The Bertz CT molecular complexity index is 643. The van der Waals surface area contributed by atoms with E-state index in [4.69, 9.17) is 10.2 Å². The SMILES string of the molecule is O=C(CCSCCCS(=O)CCSCCSC(=O)CCSCCCS(=O)CCSCCO)SCCSCCO. The lowest BCUT2D eigenvalue weighted by molar-refractivity contribution is -0.111. The molecule has 0 aliphatic heterocycles. The lowest BCUT2D eigenvalue weighted by atomic mass is 10.5. The first-order valence-electron chi connectivity index (χ1n) is 13.1. The van der Waals surface area contributed by atoms with Crippen molar-refractivity contribution in [2.75, 3.05) is 105 Å². The average molecular weight is 719 g/mol. The molecule has 39 heavy (non-hydrogen) atoms. The fourth-order valence-corrected chi connectivity index (χ4v) is 12.3. The van der Waals surface area contributed by atoms with Crippen LogP contribution in [0.1, 0.15) is 25.7 Å². The van der Waals surface area contributed by atoms with Gasteiger partial charge in [-0.05, 0) is 24.3 Å². The molecule has 0 aromatic rings. The van der Waals surface area contributed by atoms with E-state index in [-0.39, 0.29) is 23.4 Å². The number of carbonyl (C=O) groups is 2. The quantitative estimate of drug-likeness (QED) is 0.104. The van der Waals surface area contributed by atoms with Crippen LogP contribution in [0.15, 0.2) is 0 Å². The predicted octanol–water partition coefficient (Wildman–Crippen LogP) is 4.21. The standard InChI is InChI=1S/C24H46O6S9/c25-5-11-33-13-15-36-23(27)3-9-32-8-2-20-39(30)22-18-35-14-16-37-24(28)4-10-31-7-1-19-38(29)21-17-34-12-6-26/h25-26H,1-22H2. The zero-order valence-electron chi connectivity index (χ0n) is 22.8. The molecule has 2 atom stereocenters. The van der Waals surface area contributed by atoms with Crippen molar-refractivity contribution in [1.29, 1.82) is 0 Å². The molecule has 0 aliphatic rings. The third-order valence-electron chi connectivity index (χ3n) is 4.59. The number of aliphatic hydroxyl groups is 2. The van der Waals surface area contributed by atoms with E-state index in [1.54, 1.807) is 58.8 Å². The van der Waals surface area contributed by atoms with Crippen LogP contribution in [0.3, 0.4) is 0 Å². The first kappa shape index (κ1) is 41.0. The summed E-state index contributed by atoms with van der Waals surface area (Å²) in [6.07, 6.45) is 2.97. The van der Waals surface area contributed by atoms with Gasteiger partial charge in [-0.3, -0.25) is 18.0 Å². The molecule has 0 saturated carbocycles. The van der Waals surface area contributed by atoms with Gasteiger partial charge < -0.3 is 10.2 Å². The van der Waals surface area contributed by atoms with Crippen molar-refractivity contribution in [3.8, 4) is 0 Å². The highest BCUT2D eigenvalue weighted by Crippen LogP contribution is 2.15. The number of carbonyl (C=O) groups excluding carboxylic acids is 2. The van der Waals surface area contributed by atoms with E-state index in [2.05, 4.69) is 0 Å². The Morgan fingerprint density at radius 2 is 0.846 bits per heavy atom. The summed E-state index contributed by atoms with van der Waals surface area (Å²) >= 11 is 11.3. The van der Waals surface area contributed by atoms with Crippen molar-refractivity contribution in [2.45, 2.75) is 25.7 Å². The minimum Gasteiger partial charge on any atom is -0.396 e. The summed E-state index contributed by atoms with van der Waals surface area (Å²) < 4.78 is 24.0. The molecule has 15 heteroatoms. The normalized spacial score (nSPS) is 13.0. The zero-order valence-corrected chi connectivity index (χ0v) is 30.1. The Kier molecular flexibility index (Phi) is 34.6. The van der Waals surface area contributed by atoms with Gasteiger partial charge in [-0.15, -0.1) is 0 Å². The molecular formula is C24H46O6S9. The molecule has 0 radical (unpaired) electrons. The highest BCUT2D eigenvalue weighted by atomic mass is 32.2. The van der Waals surface area contributed by atoms with E-state index in [1.165, 1.54) is 23.5 Å². The van der Waals surface area contributed by atoms with Crippen LogP contribution in [0, 0.1) is 0 Å². The van der Waals surface area contributed by atoms with Gasteiger partial charge in [0.1, 0.15) is 0 Å². The van der Waals surface area contributed by atoms with Gasteiger partial charge in [0.25, 0.3) is 0 Å². The Morgan fingerprint density at radius 1 is 0.462 bits per heavy atom. The number of hydrogen-bond acceptors (Lipinski definition) is 13. The second kappa shape index (κ2) is 32.9. The molecule has 0 rings (SSSR count). The van der Waals surface area contributed by atoms with Crippen LogP contribution in [0.25, 0.3) is 0 Å². The first-order valence-corrected chi connectivity index (χ1v) is 23.8. The van der Waals surface area contributed by atoms with E-state index in [0.29, 0.717) is 41.6 Å². The number of rotatable bonds is 30. The molecule has 0 spiro atoms. The van der Waals surface area contributed by atoms with Crippen molar-refractivity contribution in [3.05, 3.63) is 0 Å². The summed E-state index contributed by atoms with van der Waals surface area (Å²) in [5, 5.41) is 17.9. The average Bonchev–Trinajstić information content (AvgIpc) is 2.92. The van der Waals surface area contributed by atoms with Gasteiger partial charge in [-0.25, -0.2) is 0 Å². The molecule has 6 nitrogen and oxygen atoms in total. The first-order chi connectivity index (χ1) is 19.0. The molecule has 2 unspecified atom stereocenters. The van der Waals surface area contributed by atoms with Crippen LogP contribution in [0.4, 0.5) is 0 Å². The van der Waals surface area contributed by atoms with Crippen molar-refractivity contribution < 1.29 is 28.2 Å². The molecule has 0 saturated heterocycles. The van der Waals surface area contributed by atoms with Crippen LogP contribution in [-0.2, 0) is 31.2 Å². The van der Waals surface area contributed by atoms with Gasteiger partial charge >= 0.3 is 0 Å². The lowest BCUT2D eigenvalue weighted by Crippen LogP contribution is -2.07. The maximum Gasteiger partial charge on any atom is 0.189 e. The summed E-state index contributed by atoms with van der Waals surface area (Å²) in [6.45, 7) is 0.362. The number of hydrogen-bond donors (Lipinski definition) is 2. The highest BCUT2D eigenvalue weighted by Gasteiger charge is 2.06. The van der Waals surface area contributed by atoms with E-state index >= 15 is 0 Å². The molecule has 0 aromatic carbocycles. The van der Waals surface area contributed by atoms with Gasteiger partial charge in [-0.1, -0.05) is 23.5 Å². The van der Waals surface area contributed by atoms with Crippen LogP contribution in [0.2, 0.25) is 0 Å². The second-order valence-corrected chi connectivity index (χ2v) is 19.7.